The van der Waals surface area contributed by atoms with Crippen LogP contribution in [0.1, 0.15) is 83.8 Å². The molecule has 8 rings (SSSR count). The van der Waals surface area contributed by atoms with Crippen LogP contribution in [0.2, 0.25) is 0 Å². The van der Waals surface area contributed by atoms with Crippen LogP contribution in [0, 0.1) is 0 Å². The smallest absolute Gasteiger partial charge is 0.278 e. The van der Waals surface area contributed by atoms with Gasteiger partial charge in [0.1, 0.15) is 17.0 Å². The lowest BCUT2D eigenvalue weighted by atomic mass is 9.98. The van der Waals surface area contributed by atoms with E-state index >= 15 is 0 Å². The number of aromatic nitrogens is 5. The van der Waals surface area contributed by atoms with E-state index in [9.17, 15) is 29.1 Å². The number of aliphatic hydroxyl groups is 1. The molecule has 59 heavy (non-hydrogen) atoms. The maximum atomic E-state index is 13.5. The summed E-state index contributed by atoms with van der Waals surface area (Å²) in [6, 6.07) is 15.8. The molecule has 0 radical (unpaired) electrons. The number of unbranched alkanes of at least 4 members (excludes halogenated alkanes) is 2. The number of piperidine rings is 1. The van der Waals surface area contributed by atoms with Gasteiger partial charge in [-0.1, -0.05) is 19.1 Å². The van der Waals surface area contributed by atoms with E-state index in [1.54, 1.807) is 29.0 Å². The van der Waals surface area contributed by atoms with Gasteiger partial charge in [-0.25, -0.2) is 19.3 Å². The highest BCUT2D eigenvalue weighted by molar-refractivity contribution is 6.23. The summed E-state index contributed by atoms with van der Waals surface area (Å²) < 4.78 is 3.20. The quantitative estimate of drug-likeness (QED) is 0.0656. The molecule has 5 aromatic rings. The summed E-state index contributed by atoms with van der Waals surface area (Å²) in [5.41, 5.74) is 3.80. The first-order valence-electron chi connectivity index (χ1n) is 20.0. The van der Waals surface area contributed by atoms with Gasteiger partial charge in [-0.05, 0) is 99.0 Å². The molecule has 3 aromatic heterocycles. The topological polar surface area (TPSA) is 197 Å². The van der Waals surface area contributed by atoms with Gasteiger partial charge in [0.25, 0.3) is 17.4 Å². The Balaban J connectivity index is 0.850. The Morgan fingerprint density at radius 2 is 1.75 bits per heavy atom. The monoisotopic (exact) mass is 798 g/mol. The zero-order valence-corrected chi connectivity index (χ0v) is 33.0. The van der Waals surface area contributed by atoms with Gasteiger partial charge in [-0.2, -0.15) is 4.98 Å². The Bertz CT molecular complexity index is 2560. The molecule has 0 bridgehead atoms. The summed E-state index contributed by atoms with van der Waals surface area (Å²) in [6.45, 7) is 7.53. The van der Waals surface area contributed by atoms with Crippen LogP contribution in [0.5, 0.6) is 0 Å². The van der Waals surface area contributed by atoms with E-state index in [4.69, 9.17) is 9.97 Å². The minimum absolute atomic E-state index is 0.0766. The highest BCUT2D eigenvalue weighted by Crippen LogP contribution is 2.38. The second kappa shape index (κ2) is 15.9. The van der Waals surface area contributed by atoms with Crippen molar-refractivity contribution in [1.82, 2.24) is 34.5 Å². The number of pyridine rings is 1. The van der Waals surface area contributed by atoms with Crippen molar-refractivity contribution < 1.29 is 24.3 Å². The Labute approximate surface area is 339 Å². The third kappa shape index (κ3) is 7.35. The number of allylic oxidation sites excluding steroid dienone is 1. The second-order valence-corrected chi connectivity index (χ2v) is 15.3. The lowest BCUT2D eigenvalue weighted by molar-refractivity contribution is -0.136. The summed E-state index contributed by atoms with van der Waals surface area (Å²) in [7, 11) is 2.04. The molecule has 2 aromatic carbocycles. The fraction of sp³-hybridized carbons (Fsp3) is 0.349. The summed E-state index contributed by atoms with van der Waals surface area (Å²) in [4.78, 5) is 80.7. The van der Waals surface area contributed by atoms with Gasteiger partial charge < -0.3 is 20.6 Å². The number of benzene rings is 2. The highest BCUT2D eigenvalue weighted by Gasteiger charge is 2.44. The summed E-state index contributed by atoms with van der Waals surface area (Å²) in [5, 5.41) is 20.4. The number of anilines is 4. The normalized spacial score (nSPS) is 18.6. The molecule has 1 unspecified atom stereocenters. The predicted octanol–water partition coefficient (Wildman–Crippen LogP) is 4.57. The first-order valence-corrected chi connectivity index (χ1v) is 20.0. The van der Waals surface area contributed by atoms with E-state index in [1.807, 2.05) is 50.4 Å². The van der Waals surface area contributed by atoms with Crippen molar-refractivity contribution in [2.75, 3.05) is 35.7 Å². The number of nitrogens with one attached hydrogen (secondary N) is 3. The first-order chi connectivity index (χ1) is 28.5. The molecule has 16 nitrogen and oxygen atoms in total. The van der Waals surface area contributed by atoms with E-state index < -0.39 is 35.3 Å². The van der Waals surface area contributed by atoms with Crippen molar-refractivity contribution in [1.29, 1.82) is 0 Å². The van der Waals surface area contributed by atoms with E-state index in [1.165, 1.54) is 10.9 Å². The summed E-state index contributed by atoms with van der Waals surface area (Å²) in [5.74, 6) is -1.28. The standard InChI is InChI=1S/C43H46N10O6/c1-4-22-51-39(56)32-25-45-42(49-37(32)53(51)34-17-9-26-19-20-43(59,5-2)36(26)47-34)46-27-10-13-29(14-11-27)50(3)23-8-6-7-21-44-28-12-15-30-31(24-28)41(58)52(40(30)57)33-16-18-35(54)48-38(33)55/h4,9-15,17,24-25,33,44,59H,1,5-8,16,18-23H2,2-3H3,(H,45,46,49)(H,48,54,55)/t33?,43-/m1/s1. The molecule has 1 saturated heterocycles. The zero-order chi connectivity index (χ0) is 41.4. The lowest BCUT2D eigenvalue weighted by Gasteiger charge is -2.27. The average molecular weight is 799 g/mol. The average Bonchev–Trinajstić information content (AvgIpc) is 3.81. The molecule has 304 valence electrons. The molecule has 4 N–H and O–H groups in total. The minimum Gasteiger partial charge on any atom is -0.385 e. The van der Waals surface area contributed by atoms with Crippen molar-refractivity contribution >= 4 is 57.7 Å². The molecular weight excluding hydrogens is 753 g/mol. The largest absolute Gasteiger partial charge is 0.385 e. The van der Waals surface area contributed by atoms with Crippen molar-refractivity contribution in [3.63, 3.8) is 0 Å². The van der Waals surface area contributed by atoms with E-state index in [2.05, 4.69) is 32.4 Å². The fourth-order valence-electron chi connectivity index (χ4n) is 8.13. The Kier molecular flexibility index (Phi) is 10.6. The number of aryl methyl sites for hydroxylation is 1. The number of rotatable bonds is 15. The third-order valence-electron chi connectivity index (χ3n) is 11.5. The van der Waals surface area contributed by atoms with E-state index in [0.717, 1.165) is 54.1 Å². The number of nitrogens with zero attached hydrogens (tertiary/aromatic N) is 7. The Morgan fingerprint density at radius 1 is 0.966 bits per heavy atom. The van der Waals surface area contributed by atoms with Gasteiger partial charge in [-0.3, -0.25) is 34.2 Å². The molecule has 16 heteroatoms. The molecular formula is C43H46N10O6. The van der Waals surface area contributed by atoms with Crippen molar-refractivity contribution in [2.24, 2.45) is 0 Å². The number of amides is 4. The number of carbonyl (C=O) groups excluding carboxylic acids is 4. The van der Waals surface area contributed by atoms with Gasteiger partial charge in [0.2, 0.25) is 17.8 Å². The van der Waals surface area contributed by atoms with Gasteiger partial charge in [-0.15, -0.1) is 6.58 Å². The molecule has 5 heterocycles. The molecule has 0 spiro atoms. The minimum atomic E-state index is -1.01. The fourth-order valence-corrected chi connectivity index (χ4v) is 8.13. The van der Waals surface area contributed by atoms with Gasteiger partial charge in [0.15, 0.2) is 11.5 Å². The molecule has 4 amide bonds. The number of imide groups is 2. The van der Waals surface area contributed by atoms with Crippen molar-refractivity contribution in [3.05, 3.63) is 106 Å². The molecule has 2 aliphatic heterocycles. The van der Waals surface area contributed by atoms with Crippen LogP contribution in [0.25, 0.3) is 16.9 Å². The number of hydrogen-bond acceptors (Lipinski definition) is 12. The van der Waals surface area contributed by atoms with Crippen molar-refractivity contribution in [2.45, 2.75) is 76.5 Å². The van der Waals surface area contributed by atoms with Crippen LogP contribution in [0.3, 0.4) is 0 Å². The maximum absolute atomic E-state index is 13.5. The molecule has 0 saturated carbocycles. The summed E-state index contributed by atoms with van der Waals surface area (Å²) in [6.07, 6.45) is 8.05. The molecule has 1 fully saturated rings. The van der Waals surface area contributed by atoms with E-state index in [-0.39, 0.29) is 36.1 Å². The predicted molar refractivity (Wildman–Crippen MR) is 222 cm³/mol. The number of carbonyl (C=O) groups is 4. The van der Waals surface area contributed by atoms with Crippen LogP contribution >= 0.6 is 0 Å². The van der Waals surface area contributed by atoms with Gasteiger partial charge in [0, 0.05) is 49.8 Å². The molecule has 2 atom stereocenters. The molecule has 3 aliphatic rings. The van der Waals surface area contributed by atoms with Gasteiger partial charge in [0.05, 0.1) is 23.4 Å². The third-order valence-corrected chi connectivity index (χ3v) is 11.5. The first kappa shape index (κ1) is 39.2. The number of hydrogen-bond donors (Lipinski definition) is 4. The van der Waals surface area contributed by atoms with Gasteiger partial charge >= 0.3 is 0 Å². The van der Waals surface area contributed by atoms with Crippen LogP contribution in [-0.2, 0) is 28.2 Å². The highest BCUT2D eigenvalue weighted by atomic mass is 16.3. The second-order valence-electron chi connectivity index (χ2n) is 15.3. The summed E-state index contributed by atoms with van der Waals surface area (Å²) >= 11 is 0. The van der Waals surface area contributed by atoms with E-state index in [0.29, 0.717) is 53.6 Å². The van der Waals surface area contributed by atoms with Crippen LogP contribution in [0.4, 0.5) is 23.0 Å². The Hall–Kier alpha value is -6.68. The van der Waals surface area contributed by atoms with Crippen molar-refractivity contribution in [3.8, 4) is 5.82 Å². The SMILES string of the molecule is C=CCn1c(=O)c2cnc(Nc3ccc(N(C)CCCCCNc4ccc5c(c4)C(=O)N(C4CCC(=O)NC4=O)C5=O)cc3)nc2n1-c1ccc2c(n1)[C@@](O)(CC)CC2. The lowest BCUT2D eigenvalue weighted by Crippen LogP contribution is -2.54. The number of fused-ring (bicyclic) bond motifs is 3. The maximum Gasteiger partial charge on any atom is 0.278 e. The van der Waals surface area contributed by atoms with Crippen LogP contribution in [-0.4, -0.2) is 84.1 Å². The van der Waals surface area contributed by atoms with Crippen LogP contribution < -0.4 is 26.4 Å². The zero-order valence-electron chi connectivity index (χ0n) is 33.0. The van der Waals surface area contributed by atoms with Crippen LogP contribution in [0.15, 0.2) is 78.2 Å². The Morgan fingerprint density at radius 3 is 2.51 bits per heavy atom. The molecule has 1 aliphatic carbocycles.